The third kappa shape index (κ3) is 6.14. The Hall–Kier alpha value is -0.163. The fourth-order valence-corrected chi connectivity index (χ4v) is 2.59. The summed E-state index contributed by atoms with van der Waals surface area (Å²) in [6, 6.07) is 0. The molecule has 0 rings (SSSR count). The topological polar surface area (TPSA) is 38.7 Å². The van der Waals surface area contributed by atoms with Gasteiger partial charge < -0.3 is 14.6 Å². The Kier molecular flexibility index (Phi) is 8.02. The lowest BCUT2D eigenvalue weighted by Crippen LogP contribution is -2.32. The van der Waals surface area contributed by atoms with Crippen LogP contribution in [0.2, 0.25) is 19.6 Å². The lowest BCUT2D eigenvalue weighted by Gasteiger charge is -2.28. The highest BCUT2D eigenvalue weighted by molar-refractivity contribution is 6.82. The number of methoxy groups -OCH3 is 1. The van der Waals surface area contributed by atoms with Crippen molar-refractivity contribution in [2.45, 2.75) is 46.5 Å². The molecule has 0 amide bonds. The summed E-state index contributed by atoms with van der Waals surface area (Å²) in [6.45, 7) is 13.8. The molecule has 1 N–H and O–H groups in total. The van der Waals surface area contributed by atoms with Crippen molar-refractivity contribution >= 4 is 8.07 Å². The predicted octanol–water partition coefficient (Wildman–Crippen LogP) is 3.06. The Morgan fingerprint density at radius 1 is 1.28 bits per heavy atom. The monoisotopic (exact) mass is 274 g/mol. The quantitative estimate of drug-likeness (QED) is 0.546. The summed E-state index contributed by atoms with van der Waals surface area (Å²) < 4.78 is 10.7. The average molecular weight is 274 g/mol. The van der Waals surface area contributed by atoms with Gasteiger partial charge in [-0.2, -0.15) is 0 Å². The van der Waals surface area contributed by atoms with E-state index in [4.69, 9.17) is 9.47 Å². The first-order valence-corrected chi connectivity index (χ1v) is 10.1. The fraction of sp³-hybridized carbons (Fsp3) is 0.857. The first-order valence-electron chi connectivity index (χ1n) is 6.64. The lowest BCUT2D eigenvalue weighted by molar-refractivity contribution is -0.107. The van der Waals surface area contributed by atoms with E-state index in [2.05, 4.69) is 39.6 Å². The van der Waals surface area contributed by atoms with E-state index in [0.29, 0.717) is 0 Å². The molecule has 0 aromatic carbocycles. The molecule has 0 unspecified atom stereocenters. The molecule has 0 saturated carbocycles. The summed E-state index contributed by atoms with van der Waals surface area (Å²) in [5, 5.41) is 10.8. The molecule has 108 valence electrons. The van der Waals surface area contributed by atoms with Crippen LogP contribution in [0.3, 0.4) is 0 Å². The van der Waals surface area contributed by atoms with Crippen LogP contribution in [0.4, 0.5) is 0 Å². The van der Waals surface area contributed by atoms with Gasteiger partial charge in [0, 0.05) is 25.6 Å². The molecule has 0 aliphatic carbocycles. The van der Waals surface area contributed by atoms with Crippen molar-refractivity contribution in [3.63, 3.8) is 0 Å². The van der Waals surface area contributed by atoms with Crippen LogP contribution in [0.15, 0.2) is 11.3 Å². The van der Waals surface area contributed by atoms with Crippen LogP contribution in [0.1, 0.15) is 20.8 Å². The Bertz CT molecular complexity index is 258. The van der Waals surface area contributed by atoms with Gasteiger partial charge in [-0.3, -0.25) is 0 Å². The van der Waals surface area contributed by atoms with Crippen LogP contribution < -0.4 is 0 Å². The summed E-state index contributed by atoms with van der Waals surface area (Å²) in [5.74, 6) is 0.398. The molecule has 18 heavy (non-hydrogen) atoms. The summed E-state index contributed by atoms with van der Waals surface area (Å²) >= 11 is 0. The summed E-state index contributed by atoms with van der Waals surface area (Å²) in [4.78, 5) is 0. The minimum absolute atomic E-state index is 0.00116. The molecule has 3 atom stereocenters. The largest absolute Gasteiger partial charge is 0.396 e. The second-order valence-corrected chi connectivity index (χ2v) is 11.4. The minimum Gasteiger partial charge on any atom is -0.396 e. The summed E-state index contributed by atoms with van der Waals surface area (Å²) in [6.07, 6.45) is 2.31. The number of hydrogen-bond donors (Lipinski definition) is 1. The van der Waals surface area contributed by atoms with Crippen molar-refractivity contribution < 1.29 is 14.6 Å². The molecule has 3 nitrogen and oxygen atoms in total. The third-order valence-electron chi connectivity index (χ3n) is 3.44. The van der Waals surface area contributed by atoms with Crippen LogP contribution >= 0.6 is 0 Å². The number of aliphatic hydroxyl groups excluding tert-OH is 1. The maximum absolute atomic E-state index is 9.31. The number of ether oxygens (including phenoxy) is 2. The molecule has 0 saturated heterocycles. The summed E-state index contributed by atoms with van der Waals surface area (Å²) in [7, 11) is 0.386. The Balaban J connectivity index is 4.79. The Morgan fingerprint density at radius 2 is 1.83 bits per heavy atom. The van der Waals surface area contributed by atoms with Gasteiger partial charge in [0.25, 0.3) is 0 Å². The molecule has 0 fully saturated rings. The molecule has 0 aliphatic heterocycles. The van der Waals surface area contributed by atoms with Gasteiger partial charge in [0.05, 0.1) is 14.2 Å². The van der Waals surface area contributed by atoms with Crippen molar-refractivity contribution in [3.05, 3.63) is 11.3 Å². The number of allylic oxidation sites excluding steroid dienone is 1. The zero-order valence-electron chi connectivity index (χ0n) is 13.0. The molecular weight excluding hydrogens is 244 g/mol. The number of hydrogen-bond acceptors (Lipinski definition) is 3. The van der Waals surface area contributed by atoms with Gasteiger partial charge in [-0.25, -0.2) is 0 Å². The Morgan fingerprint density at radius 3 is 2.22 bits per heavy atom. The van der Waals surface area contributed by atoms with Crippen molar-refractivity contribution in [2.75, 3.05) is 20.5 Å². The van der Waals surface area contributed by atoms with Crippen LogP contribution in [0.25, 0.3) is 0 Å². The molecule has 0 heterocycles. The van der Waals surface area contributed by atoms with Crippen molar-refractivity contribution in [2.24, 2.45) is 11.8 Å². The molecule has 0 aromatic heterocycles. The van der Waals surface area contributed by atoms with E-state index < -0.39 is 8.07 Å². The first kappa shape index (κ1) is 17.8. The molecule has 0 aromatic rings. The summed E-state index contributed by atoms with van der Waals surface area (Å²) in [5.41, 5.74) is 0. The molecule has 0 radical (unpaired) electrons. The number of rotatable bonds is 8. The highest BCUT2D eigenvalue weighted by Gasteiger charge is 2.24. The second kappa shape index (κ2) is 8.10. The third-order valence-corrected chi connectivity index (χ3v) is 5.97. The Labute approximate surface area is 113 Å². The highest BCUT2D eigenvalue weighted by Crippen LogP contribution is 2.22. The van der Waals surface area contributed by atoms with Gasteiger partial charge in [0.2, 0.25) is 0 Å². The van der Waals surface area contributed by atoms with Gasteiger partial charge in [-0.15, -0.1) is 0 Å². The average Bonchev–Trinajstić information content (AvgIpc) is 2.27. The maximum Gasteiger partial charge on any atom is 0.146 e. The molecule has 4 heteroatoms. The van der Waals surface area contributed by atoms with Gasteiger partial charge in [0.1, 0.15) is 6.79 Å². The standard InChI is InChI=1S/C14H30O3Si/c1-11(8-13(3)18(5,6)7)14(12(2)9-15)17-10-16-4/h8,11-12,14-15H,9-10H2,1-7H3/b13-8-/t11-,12-,14+/m0/s1. The first-order chi connectivity index (χ1) is 8.23. The van der Waals surface area contributed by atoms with Crippen LogP contribution in [0.5, 0.6) is 0 Å². The minimum atomic E-state index is -1.23. The lowest BCUT2D eigenvalue weighted by atomic mass is 9.93. The predicted molar refractivity (Wildman–Crippen MR) is 79.3 cm³/mol. The van der Waals surface area contributed by atoms with Gasteiger partial charge >= 0.3 is 0 Å². The van der Waals surface area contributed by atoms with E-state index in [1.165, 1.54) is 5.20 Å². The smallest absolute Gasteiger partial charge is 0.146 e. The molecule has 0 bridgehead atoms. The highest BCUT2D eigenvalue weighted by atomic mass is 28.3. The van der Waals surface area contributed by atoms with Gasteiger partial charge in [0.15, 0.2) is 0 Å². The zero-order valence-corrected chi connectivity index (χ0v) is 14.0. The van der Waals surface area contributed by atoms with Gasteiger partial charge in [-0.05, 0) is 6.92 Å². The van der Waals surface area contributed by atoms with Crippen LogP contribution in [-0.2, 0) is 9.47 Å². The SMILES string of the molecule is COCO[C@H]([C@@H](C)/C=C(/C)[Si](C)(C)C)[C@@H](C)CO. The normalized spacial score (nSPS) is 18.6. The van der Waals surface area contributed by atoms with Crippen LogP contribution in [-0.4, -0.2) is 39.8 Å². The molecule has 0 spiro atoms. The van der Waals surface area contributed by atoms with Gasteiger partial charge in [-0.1, -0.05) is 44.8 Å². The van der Waals surface area contributed by atoms with E-state index in [9.17, 15) is 5.11 Å². The zero-order chi connectivity index (χ0) is 14.3. The van der Waals surface area contributed by atoms with E-state index in [1.54, 1.807) is 7.11 Å². The second-order valence-electron chi connectivity index (χ2n) is 6.16. The molecular formula is C14H30O3Si. The molecule has 0 aliphatic rings. The van der Waals surface area contributed by atoms with Crippen molar-refractivity contribution in [1.29, 1.82) is 0 Å². The number of aliphatic hydroxyl groups is 1. The van der Waals surface area contributed by atoms with E-state index >= 15 is 0 Å². The van der Waals surface area contributed by atoms with Crippen molar-refractivity contribution in [1.82, 2.24) is 0 Å². The van der Waals surface area contributed by atoms with Crippen LogP contribution in [0, 0.1) is 11.8 Å². The van der Waals surface area contributed by atoms with E-state index in [1.807, 2.05) is 6.92 Å². The van der Waals surface area contributed by atoms with E-state index in [-0.39, 0.29) is 31.3 Å². The van der Waals surface area contributed by atoms with E-state index in [0.717, 1.165) is 0 Å². The maximum atomic E-state index is 9.31. The fourth-order valence-electron chi connectivity index (χ4n) is 1.82. The van der Waals surface area contributed by atoms with Crippen molar-refractivity contribution in [3.8, 4) is 0 Å².